The monoisotopic (exact) mass is 263 g/mol. The molecule has 3 heteroatoms. The van der Waals surface area contributed by atoms with Crippen molar-refractivity contribution in [2.45, 2.75) is 66.5 Å². The molecule has 0 aliphatic carbocycles. The zero-order chi connectivity index (χ0) is 14.2. The van der Waals surface area contributed by atoms with Crippen LogP contribution in [0.4, 0.5) is 0 Å². The summed E-state index contributed by atoms with van der Waals surface area (Å²) in [5, 5.41) is 0. The molecule has 2 rings (SSSR count). The average Bonchev–Trinajstić information content (AvgIpc) is 2.55. The molecular formula is C16H29N3. The lowest BCUT2D eigenvalue weighted by Crippen LogP contribution is -2.48. The van der Waals surface area contributed by atoms with Crippen LogP contribution in [0.25, 0.3) is 0 Å². The average molecular weight is 263 g/mol. The zero-order valence-corrected chi connectivity index (χ0v) is 13.5. The van der Waals surface area contributed by atoms with Gasteiger partial charge in [0.05, 0.1) is 5.69 Å². The van der Waals surface area contributed by atoms with E-state index < -0.39 is 0 Å². The maximum absolute atomic E-state index is 4.59. The number of piperidine rings is 1. The smallest absolute Gasteiger partial charge is 0.106 e. The van der Waals surface area contributed by atoms with Crippen LogP contribution in [0.15, 0.2) is 0 Å². The van der Waals surface area contributed by atoms with Crippen LogP contribution in [0.5, 0.6) is 0 Å². The standard InChI is InChI=1S/C16H29N3/c1-12-13(2)19(14(3)17-12)11-15-8-7-9-18(10-15)16(4,5)6/h15H,7-11H2,1-6H3/t15-/m0/s1. The molecule has 1 aliphatic heterocycles. The lowest BCUT2D eigenvalue weighted by atomic mass is 9.93. The number of nitrogens with zero attached hydrogens (tertiary/aromatic N) is 3. The van der Waals surface area contributed by atoms with Crippen LogP contribution in [-0.2, 0) is 6.54 Å². The predicted molar refractivity (Wildman–Crippen MR) is 80.5 cm³/mol. The van der Waals surface area contributed by atoms with Crippen molar-refractivity contribution >= 4 is 0 Å². The van der Waals surface area contributed by atoms with E-state index in [0.29, 0.717) is 5.54 Å². The molecule has 0 bridgehead atoms. The van der Waals surface area contributed by atoms with E-state index in [2.05, 4.69) is 56.0 Å². The van der Waals surface area contributed by atoms with Gasteiger partial charge in [0.1, 0.15) is 5.82 Å². The fourth-order valence-corrected chi connectivity index (χ4v) is 3.17. The van der Waals surface area contributed by atoms with Crippen LogP contribution < -0.4 is 0 Å². The SMILES string of the molecule is Cc1nc(C)n(C[C@H]2CCCN(C(C)(C)C)C2)c1C. The second-order valence-electron chi connectivity index (χ2n) is 7.07. The molecule has 2 heterocycles. The molecule has 0 spiro atoms. The third-order valence-corrected chi connectivity index (χ3v) is 4.56. The van der Waals surface area contributed by atoms with E-state index in [-0.39, 0.29) is 0 Å². The van der Waals surface area contributed by atoms with E-state index >= 15 is 0 Å². The molecule has 1 fully saturated rings. The number of hydrogen-bond acceptors (Lipinski definition) is 2. The number of aromatic nitrogens is 2. The minimum Gasteiger partial charge on any atom is -0.332 e. The quantitative estimate of drug-likeness (QED) is 0.816. The summed E-state index contributed by atoms with van der Waals surface area (Å²) in [6.45, 7) is 17.0. The van der Waals surface area contributed by atoms with Crippen LogP contribution in [0, 0.1) is 26.7 Å². The summed E-state index contributed by atoms with van der Waals surface area (Å²) in [6, 6.07) is 0. The molecule has 19 heavy (non-hydrogen) atoms. The van der Waals surface area contributed by atoms with Gasteiger partial charge in [0.15, 0.2) is 0 Å². The van der Waals surface area contributed by atoms with Gasteiger partial charge in [0.25, 0.3) is 0 Å². The maximum Gasteiger partial charge on any atom is 0.106 e. The number of aryl methyl sites for hydroxylation is 2. The number of imidazole rings is 1. The molecule has 1 aliphatic rings. The lowest BCUT2D eigenvalue weighted by molar-refractivity contribution is 0.0730. The Morgan fingerprint density at radius 2 is 1.89 bits per heavy atom. The molecule has 0 amide bonds. The Morgan fingerprint density at radius 1 is 1.21 bits per heavy atom. The molecule has 0 unspecified atom stereocenters. The van der Waals surface area contributed by atoms with E-state index in [9.17, 15) is 0 Å². The molecule has 0 radical (unpaired) electrons. The van der Waals surface area contributed by atoms with Crippen LogP contribution in [0.3, 0.4) is 0 Å². The fraction of sp³-hybridized carbons (Fsp3) is 0.812. The maximum atomic E-state index is 4.59. The second-order valence-corrected chi connectivity index (χ2v) is 7.07. The molecule has 1 aromatic rings. The van der Waals surface area contributed by atoms with E-state index in [4.69, 9.17) is 0 Å². The van der Waals surface area contributed by atoms with Crippen molar-refractivity contribution in [3.8, 4) is 0 Å². The van der Waals surface area contributed by atoms with Crippen molar-refractivity contribution in [2.75, 3.05) is 13.1 Å². The van der Waals surface area contributed by atoms with Crippen molar-refractivity contribution in [1.82, 2.24) is 14.5 Å². The van der Waals surface area contributed by atoms with E-state index in [0.717, 1.165) is 12.5 Å². The van der Waals surface area contributed by atoms with E-state index in [1.807, 2.05) is 0 Å². The topological polar surface area (TPSA) is 21.1 Å². The fourth-order valence-electron chi connectivity index (χ4n) is 3.17. The van der Waals surface area contributed by atoms with Gasteiger partial charge in [0, 0.05) is 24.3 Å². The van der Waals surface area contributed by atoms with Gasteiger partial charge in [0.2, 0.25) is 0 Å². The summed E-state index contributed by atoms with van der Waals surface area (Å²) in [5.41, 5.74) is 2.82. The Kier molecular flexibility index (Phi) is 4.05. The van der Waals surface area contributed by atoms with E-state index in [1.54, 1.807) is 0 Å². The molecule has 108 valence electrons. The summed E-state index contributed by atoms with van der Waals surface area (Å²) in [5.74, 6) is 1.93. The third-order valence-electron chi connectivity index (χ3n) is 4.56. The van der Waals surface area contributed by atoms with Crippen molar-refractivity contribution in [3.05, 3.63) is 17.2 Å². The van der Waals surface area contributed by atoms with Crippen LogP contribution in [-0.4, -0.2) is 33.1 Å². The van der Waals surface area contributed by atoms with Crippen molar-refractivity contribution in [2.24, 2.45) is 5.92 Å². The Balaban J connectivity index is 2.07. The normalized spacial score (nSPS) is 21.9. The van der Waals surface area contributed by atoms with Gasteiger partial charge in [-0.3, -0.25) is 4.90 Å². The minimum absolute atomic E-state index is 0.299. The first-order valence-corrected chi connectivity index (χ1v) is 7.54. The van der Waals surface area contributed by atoms with Gasteiger partial charge >= 0.3 is 0 Å². The first-order chi connectivity index (χ1) is 8.79. The van der Waals surface area contributed by atoms with E-state index in [1.165, 1.54) is 43.1 Å². The van der Waals surface area contributed by atoms with Gasteiger partial charge in [-0.25, -0.2) is 4.98 Å². The molecule has 1 atom stereocenters. The van der Waals surface area contributed by atoms with Crippen molar-refractivity contribution in [3.63, 3.8) is 0 Å². The van der Waals surface area contributed by atoms with Crippen LogP contribution in [0.1, 0.15) is 50.8 Å². The highest BCUT2D eigenvalue weighted by Gasteiger charge is 2.28. The summed E-state index contributed by atoms with van der Waals surface area (Å²) < 4.78 is 2.41. The number of hydrogen-bond donors (Lipinski definition) is 0. The van der Waals surface area contributed by atoms with Crippen molar-refractivity contribution in [1.29, 1.82) is 0 Å². The highest BCUT2D eigenvalue weighted by Crippen LogP contribution is 2.25. The van der Waals surface area contributed by atoms with Gasteiger partial charge in [-0.15, -0.1) is 0 Å². The van der Waals surface area contributed by atoms with Gasteiger partial charge in [-0.1, -0.05) is 0 Å². The second kappa shape index (κ2) is 5.28. The molecule has 1 aromatic heterocycles. The summed E-state index contributed by atoms with van der Waals surface area (Å²) in [4.78, 5) is 7.23. The lowest BCUT2D eigenvalue weighted by Gasteiger charge is -2.41. The molecule has 3 nitrogen and oxygen atoms in total. The van der Waals surface area contributed by atoms with Crippen LogP contribution in [0.2, 0.25) is 0 Å². The Labute approximate surface area is 118 Å². The summed E-state index contributed by atoms with van der Waals surface area (Å²) in [7, 11) is 0. The third kappa shape index (κ3) is 3.19. The zero-order valence-electron chi connectivity index (χ0n) is 13.5. The summed E-state index contributed by atoms with van der Waals surface area (Å²) in [6.07, 6.45) is 2.68. The van der Waals surface area contributed by atoms with Gasteiger partial charge < -0.3 is 4.57 Å². The van der Waals surface area contributed by atoms with Gasteiger partial charge in [-0.05, 0) is 66.8 Å². The molecule has 0 N–H and O–H groups in total. The minimum atomic E-state index is 0.299. The Morgan fingerprint density at radius 3 is 2.42 bits per heavy atom. The highest BCUT2D eigenvalue weighted by atomic mass is 15.2. The predicted octanol–water partition coefficient (Wildman–Crippen LogP) is 3.32. The largest absolute Gasteiger partial charge is 0.332 e. The molecule has 1 saturated heterocycles. The van der Waals surface area contributed by atoms with Crippen molar-refractivity contribution < 1.29 is 0 Å². The Hall–Kier alpha value is -0.830. The molecular weight excluding hydrogens is 234 g/mol. The highest BCUT2D eigenvalue weighted by molar-refractivity contribution is 5.13. The summed E-state index contributed by atoms with van der Waals surface area (Å²) >= 11 is 0. The first kappa shape index (κ1) is 14.6. The molecule has 0 saturated carbocycles. The molecule has 0 aromatic carbocycles. The first-order valence-electron chi connectivity index (χ1n) is 7.54. The Bertz CT molecular complexity index is 440. The number of rotatable bonds is 2. The number of likely N-dealkylation sites (tertiary alicyclic amines) is 1. The van der Waals surface area contributed by atoms with Crippen LogP contribution >= 0.6 is 0 Å². The van der Waals surface area contributed by atoms with Gasteiger partial charge in [-0.2, -0.15) is 0 Å².